The zero-order chi connectivity index (χ0) is 19.2. The second-order valence-corrected chi connectivity index (χ2v) is 5.86. The van der Waals surface area contributed by atoms with E-state index in [1.807, 2.05) is 55.5 Å². The van der Waals surface area contributed by atoms with E-state index in [-0.39, 0.29) is 5.56 Å². The summed E-state index contributed by atoms with van der Waals surface area (Å²) >= 11 is 0. The highest BCUT2D eigenvalue weighted by Gasteiger charge is 2.07. The maximum atomic E-state index is 12.8. The minimum atomic E-state index is -0.156. The Bertz CT molecular complexity index is 1090. The fourth-order valence-corrected chi connectivity index (χ4v) is 2.72. The number of nitrogens with zero attached hydrogens (tertiary/aromatic N) is 1. The van der Waals surface area contributed by atoms with Crippen molar-refractivity contribution in [3.05, 3.63) is 87.7 Å². The van der Waals surface area contributed by atoms with Crippen LogP contribution in [0.5, 0.6) is 11.5 Å². The van der Waals surface area contributed by atoms with Gasteiger partial charge < -0.3 is 9.47 Å². The summed E-state index contributed by atoms with van der Waals surface area (Å²) in [5, 5.41) is 4.07. The Balaban J connectivity index is 2.06. The van der Waals surface area contributed by atoms with Crippen molar-refractivity contribution in [3.63, 3.8) is 0 Å². The standard InChI is InChI=1S/C22H22N2O3/c1-4-13-27-20-12-11-17(15-21(20)26-5-2)14-19-16(3)23-24(22(19)25)18-9-7-6-8-10-18/h4,6-12,14-15,23H,1,3,5,13H2,2H3/b19-14+. The Kier molecular flexibility index (Phi) is 5.61. The maximum absolute atomic E-state index is 12.8. The van der Waals surface area contributed by atoms with E-state index in [0.29, 0.717) is 35.3 Å². The monoisotopic (exact) mass is 362 g/mol. The van der Waals surface area contributed by atoms with E-state index in [1.54, 1.807) is 12.2 Å². The van der Waals surface area contributed by atoms with Crippen LogP contribution in [0, 0.1) is 0 Å². The van der Waals surface area contributed by atoms with Crippen LogP contribution >= 0.6 is 0 Å². The number of hydrogen-bond donors (Lipinski definition) is 1. The van der Waals surface area contributed by atoms with Crippen LogP contribution in [-0.2, 0) is 0 Å². The van der Waals surface area contributed by atoms with Gasteiger partial charge in [-0.15, -0.1) is 0 Å². The molecule has 0 fully saturated rings. The number of nitrogens with one attached hydrogen (secondary N) is 1. The summed E-state index contributed by atoms with van der Waals surface area (Å²) in [5.74, 6) is 1.26. The lowest BCUT2D eigenvalue weighted by molar-refractivity contribution is 0.297. The minimum absolute atomic E-state index is 0.156. The average molecular weight is 362 g/mol. The van der Waals surface area contributed by atoms with Crippen LogP contribution in [0.1, 0.15) is 12.5 Å². The highest BCUT2D eigenvalue weighted by molar-refractivity contribution is 5.56. The van der Waals surface area contributed by atoms with Crippen LogP contribution in [-0.4, -0.2) is 23.0 Å². The predicted octanol–water partition coefficient (Wildman–Crippen LogP) is 2.37. The first-order valence-corrected chi connectivity index (χ1v) is 8.71. The Labute approximate surface area is 157 Å². The van der Waals surface area contributed by atoms with Gasteiger partial charge in [-0.3, -0.25) is 9.89 Å². The summed E-state index contributed by atoms with van der Waals surface area (Å²) in [6.07, 6.45) is 3.47. The van der Waals surface area contributed by atoms with Crippen molar-refractivity contribution in [2.24, 2.45) is 0 Å². The van der Waals surface area contributed by atoms with Crippen LogP contribution in [0.25, 0.3) is 18.3 Å². The molecule has 0 spiro atoms. The van der Waals surface area contributed by atoms with E-state index in [9.17, 15) is 4.79 Å². The number of para-hydroxylation sites is 1. The lowest BCUT2D eigenvalue weighted by atomic mass is 10.1. The van der Waals surface area contributed by atoms with Gasteiger partial charge in [-0.25, -0.2) is 4.68 Å². The van der Waals surface area contributed by atoms with Gasteiger partial charge in [0.25, 0.3) is 5.56 Å². The van der Waals surface area contributed by atoms with Gasteiger partial charge in [-0.1, -0.05) is 43.5 Å². The summed E-state index contributed by atoms with van der Waals surface area (Å²) in [7, 11) is 0. The quantitative estimate of drug-likeness (QED) is 0.657. The molecule has 0 aliphatic rings. The predicted molar refractivity (Wildman–Crippen MR) is 108 cm³/mol. The van der Waals surface area contributed by atoms with Crippen molar-refractivity contribution in [3.8, 4) is 17.2 Å². The number of ether oxygens (including phenoxy) is 2. The lowest BCUT2D eigenvalue weighted by Gasteiger charge is -2.11. The van der Waals surface area contributed by atoms with Crippen LogP contribution in [0.4, 0.5) is 0 Å². The Morgan fingerprint density at radius 2 is 1.89 bits per heavy atom. The minimum Gasteiger partial charge on any atom is -0.490 e. The van der Waals surface area contributed by atoms with Crippen molar-refractivity contribution in [1.29, 1.82) is 0 Å². The molecule has 0 atom stereocenters. The fraction of sp³-hybridized carbons (Fsp3) is 0.136. The molecule has 1 aromatic heterocycles. The summed E-state index contributed by atoms with van der Waals surface area (Å²) in [6.45, 7) is 10.4. The molecule has 27 heavy (non-hydrogen) atoms. The summed E-state index contributed by atoms with van der Waals surface area (Å²) in [5.41, 5.74) is 1.43. The molecule has 0 bridgehead atoms. The summed E-state index contributed by atoms with van der Waals surface area (Å²) in [4.78, 5) is 12.8. The zero-order valence-corrected chi connectivity index (χ0v) is 15.3. The van der Waals surface area contributed by atoms with E-state index in [2.05, 4.69) is 18.3 Å². The molecular weight excluding hydrogens is 340 g/mol. The molecular formula is C22H22N2O3. The Morgan fingerprint density at radius 3 is 2.59 bits per heavy atom. The third-order valence-corrected chi connectivity index (χ3v) is 3.96. The molecule has 0 saturated heterocycles. The number of H-pyrrole nitrogens is 1. The number of rotatable bonds is 7. The van der Waals surface area contributed by atoms with Gasteiger partial charge in [0, 0.05) is 0 Å². The van der Waals surface area contributed by atoms with Crippen molar-refractivity contribution in [1.82, 2.24) is 9.78 Å². The van der Waals surface area contributed by atoms with Crippen molar-refractivity contribution in [2.45, 2.75) is 6.92 Å². The molecule has 1 heterocycles. The molecule has 0 aliphatic carbocycles. The highest BCUT2D eigenvalue weighted by Crippen LogP contribution is 2.28. The molecule has 0 aliphatic heterocycles. The van der Waals surface area contributed by atoms with Crippen molar-refractivity contribution in [2.75, 3.05) is 13.2 Å². The Hall–Kier alpha value is -3.47. The molecule has 138 valence electrons. The fourth-order valence-electron chi connectivity index (χ4n) is 2.72. The largest absolute Gasteiger partial charge is 0.490 e. The smallest absolute Gasteiger partial charge is 0.279 e. The van der Waals surface area contributed by atoms with E-state index < -0.39 is 0 Å². The molecule has 0 amide bonds. The van der Waals surface area contributed by atoms with Crippen molar-refractivity contribution < 1.29 is 9.47 Å². The molecule has 0 saturated carbocycles. The van der Waals surface area contributed by atoms with Gasteiger partial charge in [0.05, 0.1) is 22.9 Å². The SMILES string of the molecule is C=CCOc1ccc(/C=c2\c(=C)[nH]n(-c3ccccc3)c2=O)cc1OCC. The van der Waals surface area contributed by atoms with Gasteiger partial charge >= 0.3 is 0 Å². The average Bonchev–Trinajstić information content (AvgIpc) is 2.96. The maximum Gasteiger partial charge on any atom is 0.279 e. The number of aromatic amines is 1. The molecule has 0 unspecified atom stereocenters. The van der Waals surface area contributed by atoms with Gasteiger partial charge in [-0.2, -0.15) is 0 Å². The molecule has 1 N–H and O–H groups in total. The first kappa shape index (κ1) is 18.3. The first-order valence-electron chi connectivity index (χ1n) is 8.71. The van der Waals surface area contributed by atoms with Gasteiger partial charge in [0.1, 0.15) is 6.61 Å². The second-order valence-electron chi connectivity index (χ2n) is 5.86. The van der Waals surface area contributed by atoms with E-state index in [4.69, 9.17) is 9.47 Å². The van der Waals surface area contributed by atoms with Crippen LogP contribution in [0.15, 0.2) is 66.0 Å². The van der Waals surface area contributed by atoms with E-state index in [1.165, 1.54) is 4.68 Å². The van der Waals surface area contributed by atoms with E-state index in [0.717, 1.165) is 11.3 Å². The van der Waals surface area contributed by atoms with Gasteiger partial charge in [-0.05, 0) is 42.8 Å². The number of hydrogen-bond acceptors (Lipinski definition) is 3. The molecule has 5 nitrogen and oxygen atoms in total. The molecule has 0 radical (unpaired) electrons. The topological polar surface area (TPSA) is 56.2 Å². The summed E-state index contributed by atoms with van der Waals surface area (Å²) < 4.78 is 12.8. The third-order valence-electron chi connectivity index (χ3n) is 3.96. The molecule has 5 heteroatoms. The normalized spacial score (nSPS) is 11.4. The molecule has 3 aromatic rings. The number of aromatic nitrogens is 2. The Morgan fingerprint density at radius 1 is 1.11 bits per heavy atom. The zero-order valence-electron chi connectivity index (χ0n) is 15.3. The third kappa shape index (κ3) is 4.03. The van der Waals surface area contributed by atoms with Crippen LogP contribution in [0.2, 0.25) is 0 Å². The molecule has 3 rings (SSSR count). The van der Waals surface area contributed by atoms with E-state index >= 15 is 0 Å². The second kappa shape index (κ2) is 8.27. The van der Waals surface area contributed by atoms with Crippen molar-refractivity contribution >= 4 is 12.7 Å². The van der Waals surface area contributed by atoms with Crippen LogP contribution < -0.4 is 25.6 Å². The summed E-state index contributed by atoms with van der Waals surface area (Å²) in [6, 6.07) is 14.9. The molecule has 2 aromatic carbocycles. The van der Waals surface area contributed by atoms with Crippen LogP contribution in [0.3, 0.4) is 0 Å². The lowest BCUT2D eigenvalue weighted by Crippen LogP contribution is -2.33. The highest BCUT2D eigenvalue weighted by atomic mass is 16.5. The first-order chi connectivity index (χ1) is 13.1. The van der Waals surface area contributed by atoms with Gasteiger partial charge in [0.15, 0.2) is 11.5 Å². The van der Waals surface area contributed by atoms with Gasteiger partial charge in [0.2, 0.25) is 0 Å². The number of benzene rings is 2.